The first-order valence-corrected chi connectivity index (χ1v) is 4.73. The summed E-state index contributed by atoms with van der Waals surface area (Å²) in [7, 11) is 0. The lowest BCUT2D eigenvalue weighted by Gasteiger charge is -2.22. The monoisotopic (exact) mass is 171 g/mol. The van der Waals surface area contributed by atoms with E-state index < -0.39 is 0 Å². The number of amides is 1. The average Bonchev–Trinajstić information content (AvgIpc) is 2.06. The lowest BCUT2D eigenvalue weighted by atomic mass is 9.95. The lowest BCUT2D eigenvalue weighted by Crippen LogP contribution is -2.36. The molecule has 0 radical (unpaired) electrons. The zero-order valence-electron chi connectivity index (χ0n) is 7.38. The number of aliphatic hydroxyl groups excluding tert-OH is 1. The molecule has 0 aromatic carbocycles. The summed E-state index contributed by atoms with van der Waals surface area (Å²) >= 11 is 0. The van der Waals surface area contributed by atoms with E-state index in [9.17, 15) is 4.79 Å². The van der Waals surface area contributed by atoms with E-state index in [4.69, 9.17) is 5.11 Å². The molecular formula is C9H17NO2. The highest BCUT2D eigenvalue weighted by Crippen LogP contribution is 2.17. The van der Waals surface area contributed by atoms with Gasteiger partial charge in [-0.15, -0.1) is 0 Å². The zero-order valence-corrected chi connectivity index (χ0v) is 7.38. The lowest BCUT2D eigenvalue weighted by molar-refractivity contribution is -0.122. The van der Waals surface area contributed by atoms with E-state index in [-0.39, 0.29) is 18.9 Å². The molecule has 0 aliphatic heterocycles. The predicted octanol–water partition coefficient (Wildman–Crippen LogP) is 0.818. The Morgan fingerprint density at radius 1 is 1.33 bits per heavy atom. The van der Waals surface area contributed by atoms with Crippen LogP contribution in [0.1, 0.15) is 38.5 Å². The molecule has 1 fully saturated rings. The quantitative estimate of drug-likeness (QED) is 0.660. The Morgan fingerprint density at radius 3 is 2.58 bits per heavy atom. The second kappa shape index (κ2) is 5.14. The zero-order chi connectivity index (χ0) is 8.81. The minimum atomic E-state index is -0.0431. The predicted molar refractivity (Wildman–Crippen MR) is 46.7 cm³/mol. The number of aliphatic hydroxyl groups is 1. The smallest absolute Gasteiger partial charge is 0.222 e. The SMILES string of the molecule is O=C(CCO)NC1CCCCC1. The molecule has 0 heterocycles. The van der Waals surface area contributed by atoms with E-state index in [0.29, 0.717) is 6.04 Å². The summed E-state index contributed by atoms with van der Waals surface area (Å²) in [6.07, 6.45) is 6.21. The van der Waals surface area contributed by atoms with Crippen LogP contribution in [0, 0.1) is 0 Å². The number of nitrogens with one attached hydrogen (secondary N) is 1. The van der Waals surface area contributed by atoms with Gasteiger partial charge in [0.25, 0.3) is 0 Å². The molecule has 70 valence electrons. The molecule has 0 spiro atoms. The van der Waals surface area contributed by atoms with Gasteiger partial charge in [0.05, 0.1) is 6.61 Å². The molecule has 1 saturated carbocycles. The van der Waals surface area contributed by atoms with Crippen LogP contribution in [0.3, 0.4) is 0 Å². The fourth-order valence-electron chi connectivity index (χ4n) is 1.65. The minimum absolute atomic E-state index is 0.00981. The van der Waals surface area contributed by atoms with Gasteiger partial charge in [-0.05, 0) is 12.8 Å². The topological polar surface area (TPSA) is 49.3 Å². The van der Waals surface area contributed by atoms with Gasteiger partial charge in [-0.1, -0.05) is 19.3 Å². The second-order valence-corrected chi connectivity index (χ2v) is 3.38. The van der Waals surface area contributed by atoms with Crippen molar-refractivity contribution in [3.63, 3.8) is 0 Å². The van der Waals surface area contributed by atoms with Crippen molar-refractivity contribution in [2.24, 2.45) is 0 Å². The third kappa shape index (κ3) is 3.22. The molecule has 0 saturated heterocycles. The molecular weight excluding hydrogens is 154 g/mol. The molecule has 12 heavy (non-hydrogen) atoms. The van der Waals surface area contributed by atoms with E-state index in [0.717, 1.165) is 12.8 Å². The van der Waals surface area contributed by atoms with Crippen LogP contribution in [-0.2, 0) is 4.79 Å². The van der Waals surface area contributed by atoms with Crippen LogP contribution in [0.5, 0.6) is 0 Å². The van der Waals surface area contributed by atoms with E-state index in [2.05, 4.69) is 5.32 Å². The first-order chi connectivity index (χ1) is 5.83. The van der Waals surface area contributed by atoms with Crippen molar-refractivity contribution in [1.29, 1.82) is 0 Å². The van der Waals surface area contributed by atoms with E-state index in [1.165, 1.54) is 19.3 Å². The normalized spacial score (nSPS) is 19.1. The van der Waals surface area contributed by atoms with Crippen LogP contribution in [0.2, 0.25) is 0 Å². The number of hydrogen-bond donors (Lipinski definition) is 2. The number of carbonyl (C=O) groups excluding carboxylic acids is 1. The van der Waals surface area contributed by atoms with Crippen molar-refractivity contribution >= 4 is 5.91 Å². The van der Waals surface area contributed by atoms with Gasteiger partial charge < -0.3 is 10.4 Å². The maximum Gasteiger partial charge on any atom is 0.222 e. The summed E-state index contributed by atoms with van der Waals surface area (Å²) in [6, 6.07) is 0.373. The highest BCUT2D eigenvalue weighted by molar-refractivity contribution is 5.76. The van der Waals surface area contributed by atoms with Crippen LogP contribution in [0.15, 0.2) is 0 Å². The van der Waals surface area contributed by atoms with Gasteiger partial charge in [-0.2, -0.15) is 0 Å². The van der Waals surface area contributed by atoms with Crippen LogP contribution >= 0.6 is 0 Å². The van der Waals surface area contributed by atoms with Crippen LogP contribution < -0.4 is 5.32 Å². The first kappa shape index (κ1) is 9.52. The molecule has 3 heteroatoms. The summed E-state index contributed by atoms with van der Waals surface area (Å²) in [5.41, 5.74) is 0. The average molecular weight is 171 g/mol. The van der Waals surface area contributed by atoms with E-state index in [1.807, 2.05) is 0 Å². The molecule has 1 aliphatic rings. The summed E-state index contributed by atoms with van der Waals surface area (Å²) < 4.78 is 0. The van der Waals surface area contributed by atoms with Crippen molar-refractivity contribution < 1.29 is 9.90 Å². The standard InChI is InChI=1S/C9H17NO2/c11-7-6-9(12)10-8-4-2-1-3-5-8/h8,11H,1-7H2,(H,10,12). The fraction of sp³-hybridized carbons (Fsp3) is 0.889. The third-order valence-electron chi connectivity index (χ3n) is 2.31. The Hall–Kier alpha value is -0.570. The van der Waals surface area contributed by atoms with Gasteiger partial charge in [0.1, 0.15) is 0 Å². The van der Waals surface area contributed by atoms with Crippen LogP contribution in [0.25, 0.3) is 0 Å². The van der Waals surface area contributed by atoms with Gasteiger partial charge in [-0.3, -0.25) is 4.79 Å². The molecule has 0 aromatic heterocycles. The molecule has 0 atom stereocenters. The van der Waals surface area contributed by atoms with E-state index >= 15 is 0 Å². The van der Waals surface area contributed by atoms with Gasteiger partial charge in [0, 0.05) is 12.5 Å². The van der Waals surface area contributed by atoms with Crippen molar-refractivity contribution in [1.82, 2.24) is 5.32 Å². The van der Waals surface area contributed by atoms with Crippen molar-refractivity contribution in [3.8, 4) is 0 Å². The van der Waals surface area contributed by atoms with Crippen molar-refractivity contribution in [2.45, 2.75) is 44.6 Å². The molecule has 1 rings (SSSR count). The molecule has 0 aromatic rings. The van der Waals surface area contributed by atoms with Crippen molar-refractivity contribution in [3.05, 3.63) is 0 Å². The summed E-state index contributed by atoms with van der Waals surface area (Å²) in [6.45, 7) is -0.0431. The van der Waals surface area contributed by atoms with Gasteiger partial charge >= 0.3 is 0 Å². The maximum atomic E-state index is 11.0. The molecule has 2 N–H and O–H groups in total. The largest absolute Gasteiger partial charge is 0.396 e. The molecule has 0 unspecified atom stereocenters. The Morgan fingerprint density at radius 2 is 2.00 bits per heavy atom. The Bertz CT molecular complexity index is 141. The number of rotatable bonds is 3. The van der Waals surface area contributed by atoms with Crippen LogP contribution in [0.4, 0.5) is 0 Å². The van der Waals surface area contributed by atoms with Crippen LogP contribution in [-0.4, -0.2) is 23.7 Å². The minimum Gasteiger partial charge on any atom is -0.396 e. The number of carbonyl (C=O) groups is 1. The Balaban J connectivity index is 2.15. The highest BCUT2D eigenvalue weighted by Gasteiger charge is 2.14. The molecule has 1 amide bonds. The molecule has 3 nitrogen and oxygen atoms in total. The summed E-state index contributed by atoms with van der Waals surface area (Å²) in [4.78, 5) is 11.0. The van der Waals surface area contributed by atoms with Gasteiger partial charge in [0.15, 0.2) is 0 Å². The van der Waals surface area contributed by atoms with Crippen molar-refractivity contribution in [2.75, 3.05) is 6.61 Å². The maximum absolute atomic E-state index is 11.0. The third-order valence-corrected chi connectivity index (χ3v) is 2.31. The summed E-state index contributed by atoms with van der Waals surface area (Å²) in [5.74, 6) is -0.00981. The second-order valence-electron chi connectivity index (χ2n) is 3.38. The molecule has 0 bridgehead atoms. The van der Waals surface area contributed by atoms with Gasteiger partial charge in [-0.25, -0.2) is 0 Å². The highest BCUT2D eigenvalue weighted by atomic mass is 16.3. The Labute approximate surface area is 73.2 Å². The number of hydrogen-bond acceptors (Lipinski definition) is 2. The summed E-state index contributed by atoms with van der Waals surface area (Å²) in [5, 5.41) is 11.4. The van der Waals surface area contributed by atoms with E-state index in [1.54, 1.807) is 0 Å². The fourth-order valence-corrected chi connectivity index (χ4v) is 1.65. The molecule has 1 aliphatic carbocycles. The Kier molecular flexibility index (Phi) is 4.08. The first-order valence-electron chi connectivity index (χ1n) is 4.73. The van der Waals surface area contributed by atoms with Gasteiger partial charge in [0.2, 0.25) is 5.91 Å².